The molecule has 0 radical (unpaired) electrons. The van der Waals surface area contributed by atoms with E-state index in [0.29, 0.717) is 0 Å². The predicted octanol–water partition coefficient (Wildman–Crippen LogP) is 12.0. The maximum Gasteiger partial charge on any atom is 0.123 e. The van der Waals surface area contributed by atoms with E-state index >= 15 is 0 Å². The van der Waals surface area contributed by atoms with Crippen LogP contribution in [0.3, 0.4) is 0 Å². The Labute approximate surface area is 268 Å². The van der Waals surface area contributed by atoms with E-state index in [9.17, 15) is 4.39 Å². The molecular weight excluding hydrogens is 607 g/mol. The standard InChI is InChI=1S/C40H34BrFN2/c1-29-13-7-4-8-14-30-19-22-36(28-39(30)40(29,2)3)44(34-17-11-6-12-18-34)38-26-31(41)25-37(27-38)43(33-15-9-5-10-16-33)35-23-20-32(42)21-24-35/h4-13,15-28H,1,14H2,2-3H3/b8-4-,13-7-. The zero-order valence-electron chi connectivity index (χ0n) is 24.9. The summed E-state index contributed by atoms with van der Waals surface area (Å²) in [7, 11) is 0. The van der Waals surface area contributed by atoms with Crippen molar-refractivity contribution in [3.63, 3.8) is 0 Å². The molecule has 0 spiro atoms. The van der Waals surface area contributed by atoms with Gasteiger partial charge in [0, 0.05) is 44.0 Å². The van der Waals surface area contributed by atoms with Gasteiger partial charge in [0.1, 0.15) is 5.82 Å². The fourth-order valence-corrected chi connectivity index (χ4v) is 6.22. The third-order valence-corrected chi connectivity index (χ3v) is 8.67. The van der Waals surface area contributed by atoms with Crippen LogP contribution < -0.4 is 9.80 Å². The molecular formula is C40H34BrFN2. The maximum atomic E-state index is 14.0. The first-order chi connectivity index (χ1) is 21.3. The van der Waals surface area contributed by atoms with Crippen molar-refractivity contribution in [3.8, 4) is 0 Å². The number of para-hydroxylation sites is 2. The zero-order valence-corrected chi connectivity index (χ0v) is 26.5. The topological polar surface area (TPSA) is 6.48 Å². The second kappa shape index (κ2) is 12.5. The number of benzene rings is 5. The van der Waals surface area contributed by atoms with Gasteiger partial charge in [-0.15, -0.1) is 0 Å². The number of anilines is 6. The average molecular weight is 642 g/mol. The zero-order chi connectivity index (χ0) is 30.7. The van der Waals surface area contributed by atoms with E-state index in [-0.39, 0.29) is 11.2 Å². The van der Waals surface area contributed by atoms with Crippen molar-refractivity contribution in [3.05, 3.63) is 179 Å². The first-order valence-electron chi connectivity index (χ1n) is 14.7. The van der Waals surface area contributed by atoms with Crippen LogP contribution in [0.4, 0.5) is 38.5 Å². The van der Waals surface area contributed by atoms with E-state index in [1.54, 1.807) is 0 Å². The summed E-state index contributed by atoms with van der Waals surface area (Å²) in [6, 6.07) is 40.4. The largest absolute Gasteiger partial charge is 0.310 e. The Hall–Kier alpha value is -4.67. The van der Waals surface area contributed by atoms with Crippen LogP contribution in [0.1, 0.15) is 25.0 Å². The molecule has 6 rings (SSSR count). The maximum absolute atomic E-state index is 14.0. The number of fused-ring (bicyclic) bond motifs is 1. The van der Waals surface area contributed by atoms with Gasteiger partial charge in [-0.2, -0.15) is 0 Å². The third kappa shape index (κ3) is 6.04. The van der Waals surface area contributed by atoms with Gasteiger partial charge in [0.05, 0.1) is 0 Å². The van der Waals surface area contributed by atoms with Crippen molar-refractivity contribution < 1.29 is 4.39 Å². The van der Waals surface area contributed by atoms with Gasteiger partial charge in [-0.25, -0.2) is 4.39 Å². The monoisotopic (exact) mass is 640 g/mol. The number of rotatable bonds is 6. The average Bonchev–Trinajstić information content (AvgIpc) is 3.08. The molecule has 0 aliphatic heterocycles. The van der Waals surface area contributed by atoms with Crippen molar-refractivity contribution in [2.45, 2.75) is 25.7 Å². The van der Waals surface area contributed by atoms with E-state index in [1.807, 2.05) is 36.4 Å². The number of halogens is 2. The molecule has 0 amide bonds. The van der Waals surface area contributed by atoms with Crippen molar-refractivity contribution in [1.29, 1.82) is 0 Å². The second-order valence-corrected chi connectivity index (χ2v) is 12.4. The number of nitrogens with zero attached hydrogens (tertiary/aromatic N) is 2. The van der Waals surface area contributed by atoms with Crippen LogP contribution in [0.25, 0.3) is 0 Å². The second-order valence-electron chi connectivity index (χ2n) is 11.5. The van der Waals surface area contributed by atoms with E-state index < -0.39 is 0 Å². The quantitative estimate of drug-likeness (QED) is 0.182. The number of hydrogen-bond donors (Lipinski definition) is 0. The molecule has 0 fully saturated rings. The molecule has 0 saturated carbocycles. The predicted molar refractivity (Wildman–Crippen MR) is 188 cm³/mol. The first-order valence-corrected chi connectivity index (χ1v) is 15.5. The van der Waals surface area contributed by atoms with Crippen LogP contribution in [-0.4, -0.2) is 0 Å². The Morgan fingerprint density at radius 3 is 1.80 bits per heavy atom. The first kappa shape index (κ1) is 29.4. The van der Waals surface area contributed by atoms with Gasteiger partial charge in [-0.3, -0.25) is 0 Å². The van der Waals surface area contributed by atoms with Crippen LogP contribution in [-0.2, 0) is 11.8 Å². The Kier molecular flexibility index (Phi) is 8.36. The molecule has 5 aromatic rings. The molecule has 2 nitrogen and oxygen atoms in total. The fourth-order valence-electron chi connectivity index (χ4n) is 5.75. The van der Waals surface area contributed by atoms with Gasteiger partial charge >= 0.3 is 0 Å². The van der Waals surface area contributed by atoms with Crippen LogP contribution in [0.2, 0.25) is 0 Å². The molecule has 0 N–H and O–H groups in total. The van der Waals surface area contributed by atoms with E-state index in [4.69, 9.17) is 0 Å². The summed E-state index contributed by atoms with van der Waals surface area (Å²) < 4.78 is 14.9. The Morgan fingerprint density at radius 1 is 0.636 bits per heavy atom. The Morgan fingerprint density at radius 2 is 1.18 bits per heavy atom. The molecule has 0 saturated heterocycles. The summed E-state index contributed by atoms with van der Waals surface area (Å²) in [5.74, 6) is -0.266. The molecule has 1 aliphatic carbocycles. The van der Waals surface area contributed by atoms with Crippen molar-refractivity contribution in [2.75, 3.05) is 9.80 Å². The summed E-state index contributed by atoms with van der Waals surface area (Å²) in [4.78, 5) is 4.44. The Balaban J connectivity index is 1.54. The molecule has 0 aromatic heterocycles. The molecule has 1 aliphatic rings. The lowest BCUT2D eigenvalue weighted by atomic mass is 9.75. The molecule has 4 heteroatoms. The lowest BCUT2D eigenvalue weighted by molar-refractivity contribution is 0.628. The summed E-state index contributed by atoms with van der Waals surface area (Å²) in [6.07, 6.45) is 9.35. The van der Waals surface area contributed by atoms with Crippen LogP contribution >= 0.6 is 15.9 Å². The van der Waals surface area contributed by atoms with E-state index in [1.165, 1.54) is 23.3 Å². The molecule has 0 atom stereocenters. The van der Waals surface area contributed by atoms with Gasteiger partial charge in [0.2, 0.25) is 0 Å². The normalized spacial score (nSPS) is 15.3. The van der Waals surface area contributed by atoms with Crippen LogP contribution in [0, 0.1) is 5.82 Å². The molecule has 0 unspecified atom stereocenters. The minimum atomic E-state index is -0.266. The summed E-state index contributed by atoms with van der Waals surface area (Å²) in [5, 5.41) is 0. The van der Waals surface area contributed by atoms with Crippen LogP contribution in [0.5, 0.6) is 0 Å². The number of hydrogen-bond acceptors (Lipinski definition) is 2. The summed E-state index contributed by atoms with van der Waals surface area (Å²) in [5.41, 5.74) is 9.23. The van der Waals surface area contributed by atoms with Crippen LogP contribution in [0.15, 0.2) is 162 Å². The highest BCUT2D eigenvalue weighted by atomic mass is 79.9. The summed E-state index contributed by atoms with van der Waals surface area (Å²) >= 11 is 3.83. The highest BCUT2D eigenvalue weighted by molar-refractivity contribution is 9.10. The highest BCUT2D eigenvalue weighted by Crippen LogP contribution is 2.44. The van der Waals surface area contributed by atoms with Gasteiger partial charge < -0.3 is 9.80 Å². The molecule has 0 heterocycles. The van der Waals surface area contributed by atoms with Gasteiger partial charge in [0.15, 0.2) is 0 Å². The molecule has 5 aromatic carbocycles. The third-order valence-electron chi connectivity index (χ3n) is 8.21. The molecule has 44 heavy (non-hydrogen) atoms. The molecule has 0 bridgehead atoms. The Bertz CT molecular complexity index is 1840. The highest BCUT2D eigenvalue weighted by Gasteiger charge is 2.27. The number of allylic oxidation sites excluding steroid dienone is 5. The SMILES string of the molecule is C=C1/C=C\C=C/Cc2ccc(N(c3ccccc3)c3cc(Br)cc(N(c4ccccc4)c4ccc(F)cc4)c3)cc2C1(C)C. The lowest BCUT2D eigenvalue weighted by Gasteiger charge is -2.33. The minimum absolute atomic E-state index is 0.259. The van der Waals surface area contributed by atoms with Crippen molar-refractivity contribution in [1.82, 2.24) is 0 Å². The van der Waals surface area contributed by atoms with E-state index in [0.717, 1.165) is 50.6 Å². The van der Waals surface area contributed by atoms with Crippen molar-refractivity contribution in [2.24, 2.45) is 0 Å². The van der Waals surface area contributed by atoms with Crippen molar-refractivity contribution >= 4 is 50.1 Å². The smallest absolute Gasteiger partial charge is 0.123 e. The fraction of sp³-hybridized carbons (Fsp3) is 0.100. The molecule has 218 valence electrons. The van der Waals surface area contributed by atoms with Gasteiger partial charge in [-0.05, 0) is 102 Å². The minimum Gasteiger partial charge on any atom is -0.310 e. The summed E-state index contributed by atoms with van der Waals surface area (Å²) in [6.45, 7) is 8.93. The van der Waals surface area contributed by atoms with E-state index in [2.05, 4.69) is 143 Å². The van der Waals surface area contributed by atoms with Gasteiger partial charge in [0.25, 0.3) is 0 Å². The lowest BCUT2D eigenvalue weighted by Crippen LogP contribution is -2.22. The van der Waals surface area contributed by atoms with Gasteiger partial charge in [-0.1, -0.05) is 103 Å².